The number of ether oxygens (including phenoxy) is 1. The standard InChI is InChI=1S/C19H30N4O3/c1-6-26-17(25)8-7-16(24)22-9-11-23(12-10-22)19-18(13(2)3)14(4)20-15(5)21-19/h13H,6-12H2,1-5H3. The maximum atomic E-state index is 12.3. The second kappa shape index (κ2) is 8.96. The molecule has 0 bridgehead atoms. The van der Waals surface area contributed by atoms with E-state index in [-0.39, 0.29) is 24.7 Å². The molecule has 1 aliphatic heterocycles. The van der Waals surface area contributed by atoms with E-state index >= 15 is 0 Å². The fraction of sp³-hybridized carbons (Fsp3) is 0.684. The topological polar surface area (TPSA) is 75.6 Å². The number of aromatic nitrogens is 2. The van der Waals surface area contributed by atoms with E-state index in [2.05, 4.69) is 28.7 Å². The molecule has 1 fully saturated rings. The lowest BCUT2D eigenvalue weighted by Crippen LogP contribution is -2.49. The van der Waals surface area contributed by atoms with Crippen molar-refractivity contribution in [3.05, 3.63) is 17.1 Å². The number of rotatable bonds is 6. The van der Waals surface area contributed by atoms with Crippen LogP contribution in [0.15, 0.2) is 0 Å². The minimum Gasteiger partial charge on any atom is -0.466 e. The van der Waals surface area contributed by atoms with Crippen LogP contribution in [0.25, 0.3) is 0 Å². The van der Waals surface area contributed by atoms with Crippen LogP contribution in [0.1, 0.15) is 56.6 Å². The van der Waals surface area contributed by atoms with Gasteiger partial charge in [0.25, 0.3) is 0 Å². The summed E-state index contributed by atoms with van der Waals surface area (Å²) >= 11 is 0. The number of hydrogen-bond donors (Lipinski definition) is 0. The number of piperazine rings is 1. The summed E-state index contributed by atoms with van der Waals surface area (Å²) in [6.07, 6.45) is 0.358. The van der Waals surface area contributed by atoms with Crippen molar-refractivity contribution in [2.45, 2.75) is 53.4 Å². The van der Waals surface area contributed by atoms with Crippen LogP contribution >= 0.6 is 0 Å². The number of carbonyl (C=O) groups excluding carboxylic acids is 2. The van der Waals surface area contributed by atoms with E-state index in [0.717, 1.165) is 30.4 Å². The number of carbonyl (C=O) groups is 2. The molecule has 26 heavy (non-hydrogen) atoms. The summed E-state index contributed by atoms with van der Waals surface area (Å²) in [4.78, 5) is 37.0. The molecule has 0 atom stereocenters. The van der Waals surface area contributed by atoms with E-state index in [4.69, 9.17) is 4.74 Å². The van der Waals surface area contributed by atoms with Crippen LogP contribution in [0, 0.1) is 13.8 Å². The highest BCUT2D eigenvalue weighted by Crippen LogP contribution is 2.28. The SMILES string of the molecule is CCOC(=O)CCC(=O)N1CCN(c2nc(C)nc(C)c2C(C)C)CC1. The Balaban J connectivity index is 1.98. The molecule has 0 saturated carbocycles. The van der Waals surface area contributed by atoms with Crippen LogP contribution < -0.4 is 4.90 Å². The quantitative estimate of drug-likeness (QED) is 0.722. The summed E-state index contributed by atoms with van der Waals surface area (Å²) in [7, 11) is 0. The molecule has 0 radical (unpaired) electrons. The summed E-state index contributed by atoms with van der Waals surface area (Å²) in [5, 5.41) is 0. The van der Waals surface area contributed by atoms with Crippen LogP contribution in [0.2, 0.25) is 0 Å². The highest BCUT2D eigenvalue weighted by molar-refractivity contribution is 5.81. The lowest BCUT2D eigenvalue weighted by molar-refractivity contribution is -0.145. The largest absolute Gasteiger partial charge is 0.466 e. The zero-order valence-corrected chi connectivity index (χ0v) is 16.5. The Bertz CT molecular complexity index is 652. The lowest BCUT2D eigenvalue weighted by atomic mass is 10.0. The van der Waals surface area contributed by atoms with Gasteiger partial charge in [-0.1, -0.05) is 13.8 Å². The van der Waals surface area contributed by atoms with Crippen molar-refractivity contribution in [1.82, 2.24) is 14.9 Å². The smallest absolute Gasteiger partial charge is 0.306 e. The number of amides is 1. The van der Waals surface area contributed by atoms with Crippen LogP contribution in [-0.4, -0.2) is 59.5 Å². The Morgan fingerprint density at radius 1 is 1.08 bits per heavy atom. The third-order valence-electron chi connectivity index (χ3n) is 4.59. The van der Waals surface area contributed by atoms with Crippen molar-refractivity contribution in [3.8, 4) is 0 Å². The molecular weight excluding hydrogens is 332 g/mol. The molecule has 1 amide bonds. The average Bonchev–Trinajstić information content (AvgIpc) is 2.59. The van der Waals surface area contributed by atoms with Gasteiger partial charge in [-0.05, 0) is 26.7 Å². The summed E-state index contributed by atoms with van der Waals surface area (Å²) in [5.74, 6) is 1.80. The van der Waals surface area contributed by atoms with Gasteiger partial charge in [-0.3, -0.25) is 9.59 Å². The highest BCUT2D eigenvalue weighted by atomic mass is 16.5. The molecule has 2 rings (SSSR count). The van der Waals surface area contributed by atoms with E-state index in [9.17, 15) is 9.59 Å². The normalized spacial score (nSPS) is 14.7. The molecule has 7 heteroatoms. The zero-order valence-electron chi connectivity index (χ0n) is 16.5. The summed E-state index contributed by atoms with van der Waals surface area (Å²) in [6, 6.07) is 0. The molecule has 0 spiro atoms. The number of nitrogens with zero attached hydrogens (tertiary/aromatic N) is 4. The van der Waals surface area contributed by atoms with Crippen molar-refractivity contribution in [1.29, 1.82) is 0 Å². The van der Waals surface area contributed by atoms with Crippen LogP contribution in [0.5, 0.6) is 0 Å². The summed E-state index contributed by atoms with van der Waals surface area (Å²) < 4.78 is 4.88. The predicted octanol–water partition coefficient (Wildman–Crippen LogP) is 2.21. The molecule has 144 valence electrons. The van der Waals surface area contributed by atoms with E-state index in [1.807, 2.05) is 18.7 Å². The first-order chi connectivity index (χ1) is 12.3. The van der Waals surface area contributed by atoms with Gasteiger partial charge < -0.3 is 14.5 Å². The average molecular weight is 362 g/mol. The number of aryl methyl sites for hydroxylation is 2. The van der Waals surface area contributed by atoms with E-state index in [0.29, 0.717) is 25.6 Å². The second-order valence-corrected chi connectivity index (χ2v) is 6.92. The highest BCUT2D eigenvalue weighted by Gasteiger charge is 2.25. The van der Waals surface area contributed by atoms with Crippen molar-refractivity contribution in [2.75, 3.05) is 37.7 Å². The molecule has 0 N–H and O–H groups in total. The maximum absolute atomic E-state index is 12.3. The minimum atomic E-state index is -0.312. The van der Waals surface area contributed by atoms with E-state index in [1.54, 1.807) is 6.92 Å². The first kappa shape index (κ1) is 20.1. The maximum Gasteiger partial charge on any atom is 0.306 e. The Morgan fingerprint density at radius 2 is 1.73 bits per heavy atom. The van der Waals surface area contributed by atoms with Crippen molar-refractivity contribution >= 4 is 17.7 Å². The molecule has 1 aliphatic rings. The van der Waals surface area contributed by atoms with Gasteiger partial charge in [-0.2, -0.15) is 0 Å². The van der Waals surface area contributed by atoms with Crippen LogP contribution in [0.4, 0.5) is 5.82 Å². The summed E-state index contributed by atoms with van der Waals surface area (Å²) in [5.41, 5.74) is 2.20. The molecule has 7 nitrogen and oxygen atoms in total. The molecule has 0 aliphatic carbocycles. The van der Waals surface area contributed by atoms with Gasteiger partial charge >= 0.3 is 5.97 Å². The Morgan fingerprint density at radius 3 is 2.31 bits per heavy atom. The molecule has 1 aromatic heterocycles. The Labute approximate surface area is 155 Å². The van der Waals surface area contributed by atoms with Crippen molar-refractivity contribution in [3.63, 3.8) is 0 Å². The van der Waals surface area contributed by atoms with E-state index < -0.39 is 0 Å². The van der Waals surface area contributed by atoms with Gasteiger partial charge in [0, 0.05) is 43.9 Å². The van der Waals surface area contributed by atoms with E-state index in [1.165, 1.54) is 5.56 Å². The van der Waals surface area contributed by atoms with Gasteiger partial charge in [0.2, 0.25) is 5.91 Å². The third-order valence-corrected chi connectivity index (χ3v) is 4.59. The molecule has 0 unspecified atom stereocenters. The lowest BCUT2D eigenvalue weighted by Gasteiger charge is -2.37. The Hall–Kier alpha value is -2.18. The third kappa shape index (κ3) is 4.93. The van der Waals surface area contributed by atoms with Gasteiger partial charge in [0.15, 0.2) is 0 Å². The number of anilines is 1. The fourth-order valence-corrected chi connectivity index (χ4v) is 3.39. The van der Waals surface area contributed by atoms with Crippen molar-refractivity contribution in [2.24, 2.45) is 0 Å². The Kier molecular flexibility index (Phi) is 6.94. The summed E-state index contributed by atoms with van der Waals surface area (Å²) in [6.45, 7) is 13.1. The molecule has 1 saturated heterocycles. The predicted molar refractivity (Wildman–Crippen MR) is 100 cm³/mol. The van der Waals surface area contributed by atoms with Crippen LogP contribution in [0.3, 0.4) is 0 Å². The van der Waals surface area contributed by atoms with Gasteiger partial charge in [-0.25, -0.2) is 9.97 Å². The first-order valence-electron chi connectivity index (χ1n) is 9.37. The van der Waals surface area contributed by atoms with Gasteiger partial charge in [-0.15, -0.1) is 0 Å². The second-order valence-electron chi connectivity index (χ2n) is 6.92. The van der Waals surface area contributed by atoms with Crippen molar-refractivity contribution < 1.29 is 14.3 Å². The number of esters is 1. The zero-order chi connectivity index (χ0) is 19.3. The molecule has 0 aromatic carbocycles. The monoisotopic (exact) mass is 362 g/mol. The molecule has 2 heterocycles. The van der Waals surface area contributed by atoms with Crippen LogP contribution in [-0.2, 0) is 14.3 Å². The fourth-order valence-electron chi connectivity index (χ4n) is 3.39. The molecule has 1 aromatic rings. The minimum absolute atomic E-state index is 0.0110. The molecular formula is C19H30N4O3. The van der Waals surface area contributed by atoms with Gasteiger partial charge in [0.05, 0.1) is 13.0 Å². The number of hydrogen-bond acceptors (Lipinski definition) is 6. The first-order valence-corrected chi connectivity index (χ1v) is 9.37. The van der Waals surface area contributed by atoms with Gasteiger partial charge in [0.1, 0.15) is 11.6 Å².